The molecule has 5 heteroatoms. The fourth-order valence-electron chi connectivity index (χ4n) is 0.730. The Bertz CT molecular complexity index is 132. The summed E-state index contributed by atoms with van der Waals surface area (Å²) in [5.74, 6) is 0.852. The molecule has 0 aromatic rings. The third-order valence-electron chi connectivity index (χ3n) is 1.37. The molecule has 12 heavy (non-hydrogen) atoms. The molecule has 0 amide bonds. The average molecular weight is 195 g/mol. The first-order valence-corrected chi connectivity index (χ1v) is 5.41. The largest absolute Gasteiger partial charge is 0.391 e. The number of aliphatic hydroxyl groups excluding tert-OH is 1. The molecule has 0 aliphatic heterocycles. The maximum Gasteiger partial charge on any atom is 0.0777 e. The van der Waals surface area contributed by atoms with Crippen molar-refractivity contribution >= 4 is 10.8 Å². The number of hydrogen-bond donors (Lipinski definition) is 2. The lowest BCUT2D eigenvalue weighted by molar-refractivity contribution is 0.198. The number of aliphatic hydroxyl groups is 1. The summed E-state index contributed by atoms with van der Waals surface area (Å²) in [5, 5.41) is 9.04. The molecule has 0 saturated carbocycles. The summed E-state index contributed by atoms with van der Waals surface area (Å²) in [6.07, 6.45) is 0.133. The van der Waals surface area contributed by atoms with Gasteiger partial charge in [-0.05, 0) is 6.42 Å². The minimum Gasteiger partial charge on any atom is -0.391 e. The number of hydrogen-bond acceptors (Lipinski definition) is 4. The van der Waals surface area contributed by atoms with Crippen molar-refractivity contribution in [3.05, 3.63) is 0 Å². The monoisotopic (exact) mass is 195 g/mol. The second kappa shape index (κ2) is 7.67. The van der Waals surface area contributed by atoms with E-state index in [1.54, 1.807) is 7.11 Å². The van der Waals surface area contributed by atoms with Gasteiger partial charge in [-0.2, -0.15) is 0 Å². The van der Waals surface area contributed by atoms with Crippen molar-refractivity contribution in [2.24, 2.45) is 5.73 Å². The Morgan fingerprint density at radius 3 is 2.83 bits per heavy atom. The van der Waals surface area contributed by atoms with Gasteiger partial charge in [-0.3, -0.25) is 4.21 Å². The molecule has 74 valence electrons. The first-order chi connectivity index (χ1) is 5.70. The maximum atomic E-state index is 11.1. The van der Waals surface area contributed by atoms with E-state index in [0.29, 0.717) is 12.4 Å². The van der Waals surface area contributed by atoms with Crippen molar-refractivity contribution in [3.63, 3.8) is 0 Å². The quantitative estimate of drug-likeness (QED) is 0.516. The minimum absolute atomic E-state index is 0.177. The fourth-order valence-corrected chi connectivity index (χ4v) is 1.90. The van der Waals surface area contributed by atoms with E-state index in [1.165, 1.54) is 0 Å². The SMILES string of the molecule is COCCCS(=O)CC(O)CN. The molecule has 2 atom stereocenters. The van der Waals surface area contributed by atoms with Crippen LogP contribution >= 0.6 is 0 Å². The Morgan fingerprint density at radius 2 is 2.33 bits per heavy atom. The van der Waals surface area contributed by atoms with Gasteiger partial charge in [-0.1, -0.05) is 0 Å². The van der Waals surface area contributed by atoms with Crippen molar-refractivity contribution in [1.29, 1.82) is 0 Å². The van der Waals surface area contributed by atoms with Crippen LogP contribution in [0.5, 0.6) is 0 Å². The Kier molecular flexibility index (Phi) is 7.69. The predicted octanol–water partition coefficient (Wildman–Crippen LogP) is -0.909. The summed E-state index contributed by atoms with van der Waals surface area (Å²) < 4.78 is 15.9. The highest BCUT2D eigenvalue weighted by Gasteiger charge is 2.06. The van der Waals surface area contributed by atoms with Crippen LogP contribution in [0.25, 0.3) is 0 Å². The van der Waals surface area contributed by atoms with Gasteiger partial charge in [-0.15, -0.1) is 0 Å². The predicted molar refractivity (Wildman–Crippen MR) is 49.4 cm³/mol. The summed E-state index contributed by atoms with van der Waals surface area (Å²) in [7, 11) is 0.647. The van der Waals surface area contributed by atoms with Crippen LogP contribution in [-0.2, 0) is 15.5 Å². The summed E-state index contributed by atoms with van der Waals surface area (Å²) >= 11 is 0. The zero-order valence-corrected chi connectivity index (χ0v) is 8.18. The summed E-state index contributed by atoms with van der Waals surface area (Å²) in [5.41, 5.74) is 5.17. The molecule has 0 saturated heterocycles. The van der Waals surface area contributed by atoms with Gasteiger partial charge in [0, 0.05) is 36.8 Å². The van der Waals surface area contributed by atoms with E-state index in [9.17, 15) is 4.21 Å². The van der Waals surface area contributed by atoms with Crippen molar-refractivity contribution in [2.75, 3.05) is 31.8 Å². The molecule has 0 aromatic carbocycles. The second-order valence-electron chi connectivity index (χ2n) is 2.55. The third kappa shape index (κ3) is 6.72. The van der Waals surface area contributed by atoms with E-state index >= 15 is 0 Å². The van der Waals surface area contributed by atoms with Crippen LogP contribution in [0.1, 0.15) is 6.42 Å². The van der Waals surface area contributed by atoms with Crippen molar-refractivity contribution in [1.82, 2.24) is 0 Å². The van der Waals surface area contributed by atoms with Gasteiger partial charge in [0.2, 0.25) is 0 Å². The highest BCUT2D eigenvalue weighted by molar-refractivity contribution is 7.85. The van der Waals surface area contributed by atoms with Crippen molar-refractivity contribution < 1.29 is 14.1 Å². The lowest BCUT2D eigenvalue weighted by atomic mass is 10.4. The lowest BCUT2D eigenvalue weighted by Crippen LogP contribution is -2.27. The van der Waals surface area contributed by atoms with E-state index in [-0.39, 0.29) is 12.3 Å². The van der Waals surface area contributed by atoms with Gasteiger partial charge in [0.05, 0.1) is 11.9 Å². The van der Waals surface area contributed by atoms with Gasteiger partial charge < -0.3 is 15.6 Å². The molecule has 0 bridgehead atoms. The molecule has 0 rings (SSSR count). The first kappa shape index (κ1) is 12.0. The molecule has 0 aromatic heterocycles. The van der Waals surface area contributed by atoms with E-state index < -0.39 is 16.9 Å². The van der Waals surface area contributed by atoms with Gasteiger partial charge in [0.1, 0.15) is 0 Å². The zero-order valence-electron chi connectivity index (χ0n) is 7.36. The number of ether oxygens (including phenoxy) is 1. The Balaban J connectivity index is 3.33. The normalized spacial score (nSPS) is 15.9. The highest BCUT2D eigenvalue weighted by Crippen LogP contribution is 1.91. The van der Waals surface area contributed by atoms with Gasteiger partial charge in [0.25, 0.3) is 0 Å². The molecule has 2 unspecified atom stereocenters. The van der Waals surface area contributed by atoms with E-state index in [2.05, 4.69) is 0 Å². The molecule has 0 radical (unpaired) electrons. The first-order valence-electron chi connectivity index (χ1n) is 3.92. The van der Waals surface area contributed by atoms with Crippen LogP contribution in [-0.4, -0.2) is 47.2 Å². The second-order valence-corrected chi connectivity index (χ2v) is 4.17. The minimum atomic E-state index is -0.961. The fraction of sp³-hybridized carbons (Fsp3) is 1.00. The number of methoxy groups -OCH3 is 1. The van der Waals surface area contributed by atoms with E-state index in [0.717, 1.165) is 6.42 Å². The molecule has 3 N–H and O–H groups in total. The van der Waals surface area contributed by atoms with E-state index in [4.69, 9.17) is 15.6 Å². The molecule has 0 spiro atoms. The standard InChI is InChI=1S/C7H17NO3S/c1-11-3-2-4-12(10)6-7(9)5-8/h7,9H,2-6,8H2,1H3. The molecular formula is C7H17NO3S. The van der Waals surface area contributed by atoms with Gasteiger partial charge >= 0.3 is 0 Å². The Morgan fingerprint density at radius 1 is 1.67 bits per heavy atom. The van der Waals surface area contributed by atoms with Crippen LogP contribution in [0.2, 0.25) is 0 Å². The Hall–Kier alpha value is 0.0300. The summed E-state index contributed by atoms with van der Waals surface area (Å²) in [6.45, 7) is 0.792. The van der Waals surface area contributed by atoms with Gasteiger partial charge in [0.15, 0.2) is 0 Å². The smallest absolute Gasteiger partial charge is 0.0777 e. The summed E-state index contributed by atoms with van der Waals surface area (Å²) in [4.78, 5) is 0. The molecule has 0 aliphatic carbocycles. The van der Waals surface area contributed by atoms with Crippen molar-refractivity contribution in [2.45, 2.75) is 12.5 Å². The molecule has 0 aliphatic rings. The van der Waals surface area contributed by atoms with Crippen LogP contribution in [0.15, 0.2) is 0 Å². The topological polar surface area (TPSA) is 72.5 Å². The average Bonchev–Trinajstić information content (AvgIpc) is 2.05. The highest BCUT2D eigenvalue weighted by atomic mass is 32.2. The van der Waals surface area contributed by atoms with Crippen molar-refractivity contribution in [3.8, 4) is 0 Å². The van der Waals surface area contributed by atoms with Crippen LogP contribution in [0, 0.1) is 0 Å². The number of rotatable bonds is 7. The molecule has 0 heterocycles. The van der Waals surface area contributed by atoms with E-state index in [1.807, 2.05) is 0 Å². The lowest BCUT2D eigenvalue weighted by Gasteiger charge is -2.06. The van der Waals surface area contributed by atoms with Crippen LogP contribution < -0.4 is 5.73 Å². The zero-order chi connectivity index (χ0) is 9.40. The number of nitrogens with two attached hydrogens (primary N) is 1. The van der Waals surface area contributed by atoms with Crippen LogP contribution in [0.3, 0.4) is 0 Å². The third-order valence-corrected chi connectivity index (χ3v) is 2.87. The Labute approximate surface area is 75.6 Å². The summed E-state index contributed by atoms with van der Waals surface area (Å²) in [6, 6.07) is 0. The molecule has 4 nitrogen and oxygen atoms in total. The molecular weight excluding hydrogens is 178 g/mol. The van der Waals surface area contributed by atoms with Gasteiger partial charge in [-0.25, -0.2) is 0 Å². The maximum absolute atomic E-state index is 11.1. The van der Waals surface area contributed by atoms with Crippen LogP contribution in [0.4, 0.5) is 0 Å². The molecule has 0 fully saturated rings.